The van der Waals surface area contributed by atoms with Crippen molar-refractivity contribution < 1.29 is 0 Å². The van der Waals surface area contributed by atoms with E-state index >= 15 is 0 Å². The minimum absolute atomic E-state index is 0.535. The van der Waals surface area contributed by atoms with Crippen LogP contribution in [0.3, 0.4) is 0 Å². The Morgan fingerprint density at radius 1 is 1.30 bits per heavy atom. The van der Waals surface area contributed by atoms with Crippen molar-refractivity contribution in [3.05, 3.63) is 34.5 Å². The molecule has 0 atom stereocenters. The predicted molar refractivity (Wildman–Crippen MR) is 81.2 cm³/mol. The first-order chi connectivity index (χ1) is 9.60. The lowest BCUT2D eigenvalue weighted by atomic mass is 10.2. The van der Waals surface area contributed by atoms with E-state index in [0.717, 1.165) is 43.0 Å². The Hall–Kier alpha value is -1.62. The third-order valence-corrected chi connectivity index (χ3v) is 3.44. The molecule has 20 heavy (non-hydrogen) atoms. The van der Waals surface area contributed by atoms with E-state index in [1.807, 2.05) is 31.0 Å². The molecule has 2 aromatic heterocycles. The molecular weight excluding hydrogens is 274 g/mol. The van der Waals surface area contributed by atoms with Crippen LogP contribution in [-0.2, 0) is 19.9 Å². The fourth-order valence-corrected chi connectivity index (χ4v) is 2.15. The quantitative estimate of drug-likeness (QED) is 0.832. The Kier molecular flexibility index (Phi) is 4.95. The highest BCUT2D eigenvalue weighted by Gasteiger charge is 2.08. The van der Waals surface area contributed by atoms with Gasteiger partial charge in [-0.3, -0.25) is 4.68 Å². The monoisotopic (exact) mass is 293 g/mol. The Balaban J connectivity index is 2.01. The van der Waals surface area contributed by atoms with E-state index in [0.29, 0.717) is 5.15 Å². The maximum absolute atomic E-state index is 6.15. The van der Waals surface area contributed by atoms with Crippen molar-refractivity contribution in [2.75, 3.05) is 11.9 Å². The van der Waals surface area contributed by atoms with Gasteiger partial charge in [0.05, 0.1) is 6.20 Å². The molecule has 0 aliphatic heterocycles. The van der Waals surface area contributed by atoms with E-state index < -0.39 is 0 Å². The summed E-state index contributed by atoms with van der Waals surface area (Å²) in [5.74, 6) is 1.63. The van der Waals surface area contributed by atoms with Crippen molar-refractivity contribution in [2.45, 2.75) is 33.1 Å². The van der Waals surface area contributed by atoms with Crippen molar-refractivity contribution in [2.24, 2.45) is 7.05 Å². The molecule has 0 aliphatic carbocycles. The van der Waals surface area contributed by atoms with Gasteiger partial charge in [-0.05, 0) is 25.3 Å². The molecule has 0 saturated carbocycles. The number of hydrogen-bond donors (Lipinski definition) is 1. The molecule has 0 radical (unpaired) electrons. The predicted octanol–water partition coefficient (Wildman–Crippen LogP) is 2.78. The first kappa shape index (κ1) is 14.8. The molecule has 0 fully saturated rings. The second-order valence-corrected chi connectivity index (χ2v) is 5.21. The lowest BCUT2D eigenvalue weighted by molar-refractivity contribution is 0.766. The van der Waals surface area contributed by atoms with Gasteiger partial charge < -0.3 is 5.32 Å². The van der Waals surface area contributed by atoms with Crippen molar-refractivity contribution in [1.82, 2.24) is 19.7 Å². The van der Waals surface area contributed by atoms with Gasteiger partial charge in [-0.25, -0.2) is 9.97 Å². The molecule has 0 aromatic carbocycles. The molecular formula is C14H20ClN5. The second kappa shape index (κ2) is 6.70. The van der Waals surface area contributed by atoms with Crippen LogP contribution in [0.1, 0.15) is 30.3 Å². The van der Waals surface area contributed by atoms with Gasteiger partial charge in [-0.2, -0.15) is 5.10 Å². The molecule has 0 spiro atoms. The summed E-state index contributed by atoms with van der Waals surface area (Å²) in [6, 6.07) is 0. The molecule has 2 heterocycles. The second-order valence-electron chi connectivity index (χ2n) is 4.85. The summed E-state index contributed by atoms with van der Waals surface area (Å²) in [4.78, 5) is 8.83. The smallest absolute Gasteiger partial charge is 0.137 e. The number of aromatic nitrogens is 4. The Labute approximate surface area is 124 Å². The summed E-state index contributed by atoms with van der Waals surface area (Å²) in [5.41, 5.74) is 2.10. The lowest BCUT2D eigenvalue weighted by Crippen LogP contribution is -2.10. The van der Waals surface area contributed by atoms with Crippen LogP contribution in [0.25, 0.3) is 0 Å². The van der Waals surface area contributed by atoms with Crippen LogP contribution >= 0.6 is 11.6 Å². The molecule has 2 aromatic rings. The van der Waals surface area contributed by atoms with Crippen molar-refractivity contribution in [1.29, 1.82) is 0 Å². The average Bonchev–Trinajstić information content (AvgIpc) is 2.81. The van der Waals surface area contributed by atoms with Gasteiger partial charge in [-0.15, -0.1) is 0 Å². The van der Waals surface area contributed by atoms with Gasteiger partial charge in [0.2, 0.25) is 0 Å². The van der Waals surface area contributed by atoms with Crippen LogP contribution in [-0.4, -0.2) is 26.3 Å². The minimum Gasteiger partial charge on any atom is -0.369 e. The number of aryl methyl sites for hydroxylation is 2. The fraction of sp³-hybridized carbons (Fsp3) is 0.500. The van der Waals surface area contributed by atoms with Crippen molar-refractivity contribution in [3.63, 3.8) is 0 Å². The number of nitrogens with zero attached hydrogens (tertiary/aromatic N) is 4. The highest BCUT2D eigenvalue weighted by atomic mass is 35.5. The minimum atomic E-state index is 0.535. The highest BCUT2D eigenvalue weighted by molar-refractivity contribution is 6.30. The zero-order valence-corrected chi connectivity index (χ0v) is 12.9. The van der Waals surface area contributed by atoms with Gasteiger partial charge in [0, 0.05) is 31.8 Å². The van der Waals surface area contributed by atoms with Gasteiger partial charge in [-0.1, -0.05) is 18.5 Å². The van der Waals surface area contributed by atoms with Crippen LogP contribution in [0.2, 0.25) is 5.15 Å². The maximum atomic E-state index is 6.15. The number of halogens is 1. The Morgan fingerprint density at radius 3 is 2.75 bits per heavy atom. The van der Waals surface area contributed by atoms with Crippen LogP contribution < -0.4 is 5.32 Å². The third-order valence-electron chi connectivity index (χ3n) is 3.07. The zero-order valence-electron chi connectivity index (χ0n) is 12.1. The maximum Gasteiger partial charge on any atom is 0.137 e. The molecule has 5 nitrogen and oxygen atoms in total. The first-order valence-electron chi connectivity index (χ1n) is 6.84. The first-order valence-corrected chi connectivity index (χ1v) is 7.22. The third kappa shape index (κ3) is 3.70. The zero-order chi connectivity index (χ0) is 14.5. The number of hydrogen-bond acceptors (Lipinski definition) is 4. The molecule has 0 saturated heterocycles. The van der Waals surface area contributed by atoms with E-state index in [4.69, 9.17) is 11.6 Å². The molecule has 108 valence electrons. The van der Waals surface area contributed by atoms with Crippen molar-refractivity contribution >= 4 is 17.4 Å². The molecule has 0 aliphatic rings. The Bertz CT molecular complexity index is 579. The van der Waals surface area contributed by atoms with E-state index in [9.17, 15) is 0 Å². The normalized spacial score (nSPS) is 10.8. The summed E-state index contributed by atoms with van der Waals surface area (Å²) in [5, 5.41) is 8.03. The van der Waals surface area contributed by atoms with Crippen LogP contribution in [0.4, 0.5) is 5.82 Å². The lowest BCUT2D eigenvalue weighted by Gasteiger charge is -2.10. The Morgan fingerprint density at radius 2 is 2.10 bits per heavy atom. The van der Waals surface area contributed by atoms with E-state index in [-0.39, 0.29) is 0 Å². The molecule has 1 N–H and O–H groups in total. The standard InChI is InChI=1S/C14H20ClN5/c1-4-5-12-18-13(15)10(2)14(19-12)16-7-6-11-8-17-20(3)9-11/h8-9H,4-7H2,1-3H3,(H,16,18,19). The largest absolute Gasteiger partial charge is 0.369 e. The number of anilines is 1. The molecule has 6 heteroatoms. The molecule has 0 bridgehead atoms. The summed E-state index contributed by atoms with van der Waals surface area (Å²) < 4.78 is 1.81. The SMILES string of the molecule is CCCc1nc(Cl)c(C)c(NCCc2cnn(C)c2)n1. The highest BCUT2D eigenvalue weighted by Crippen LogP contribution is 2.20. The summed E-state index contributed by atoms with van der Waals surface area (Å²) in [7, 11) is 1.92. The van der Waals surface area contributed by atoms with Crippen LogP contribution in [0, 0.1) is 6.92 Å². The van der Waals surface area contributed by atoms with E-state index in [2.05, 4.69) is 27.3 Å². The molecule has 0 amide bonds. The van der Waals surface area contributed by atoms with Gasteiger partial charge in [0.25, 0.3) is 0 Å². The molecule has 2 rings (SSSR count). The number of rotatable bonds is 6. The fourth-order valence-electron chi connectivity index (χ4n) is 1.97. The average molecular weight is 294 g/mol. The summed E-state index contributed by atoms with van der Waals surface area (Å²) >= 11 is 6.15. The van der Waals surface area contributed by atoms with Crippen LogP contribution in [0.15, 0.2) is 12.4 Å². The van der Waals surface area contributed by atoms with Crippen molar-refractivity contribution in [3.8, 4) is 0 Å². The topological polar surface area (TPSA) is 55.6 Å². The van der Waals surface area contributed by atoms with Gasteiger partial charge in [0.15, 0.2) is 0 Å². The van der Waals surface area contributed by atoms with Crippen LogP contribution in [0.5, 0.6) is 0 Å². The van der Waals surface area contributed by atoms with Gasteiger partial charge >= 0.3 is 0 Å². The van der Waals surface area contributed by atoms with E-state index in [1.54, 1.807) is 0 Å². The van der Waals surface area contributed by atoms with Gasteiger partial charge in [0.1, 0.15) is 16.8 Å². The molecule has 0 unspecified atom stereocenters. The number of nitrogens with one attached hydrogen (secondary N) is 1. The van der Waals surface area contributed by atoms with E-state index in [1.165, 1.54) is 5.56 Å². The summed E-state index contributed by atoms with van der Waals surface area (Å²) in [6.07, 6.45) is 6.65. The summed E-state index contributed by atoms with van der Waals surface area (Å²) in [6.45, 7) is 4.84.